The van der Waals surface area contributed by atoms with E-state index < -0.39 is 0 Å². The first-order valence-corrected chi connectivity index (χ1v) is 15.1. The van der Waals surface area contributed by atoms with Crippen LogP contribution in [0.15, 0.2) is 42.5 Å². The maximum Gasteiger partial charge on any atom is 0.163 e. The fraction of sp³-hybridized carbons (Fsp3) is 0.576. The number of nitrogens with zero attached hydrogens (tertiary/aromatic N) is 2. The Labute approximate surface area is 244 Å². The minimum Gasteiger partial charge on any atom is -0.490 e. The second-order valence-electron chi connectivity index (χ2n) is 12.9. The molecule has 0 spiro atoms. The van der Waals surface area contributed by atoms with Crippen LogP contribution in [0.2, 0.25) is 5.02 Å². The normalized spacial score (nSPS) is 25.0. The van der Waals surface area contributed by atoms with Gasteiger partial charge in [0.2, 0.25) is 0 Å². The first-order valence-electron chi connectivity index (χ1n) is 14.7. The molecule has 2 saturated heterocycles. The lowest BCUT2D eigenvalue weighted by molar-refractivity contribution is -0.196. The van der Waals surface area contributed by atoms with Crippen LogP contribution in [0, 0.1) is 28.1 Å². The summed E-state index contributed by atoms with van der Waals surface area (Å²) in [4.78, 5) is 16.0. The van der Waals surface area contributed by atoms with Gasteiger partial charge in [0.1, 0.15) is 29.8 Å². The van der Waals surface area contributed by atoms with Gasteiger partial charge in [-0.25, -0.2) is 0 Å². The molecule has 2 aliphatic heterocycles. The molecular weight excluding hydrogens is 522 g/mol. The van der Waals surface area contributed by atoms with E-state index in [9.17, 15) is 4.79 Å². The van der Waals surface area contributed by atoms with Crippen LogP contribution in [0.25, 0.3) is 0 Å². The van der Waals surface area contributed by atoms with Crippen molar-refractivity contribution >= 4 is 17.4 Å². The minimum atomic E-state index is -0.203. The molecule has 214 valence electrons. The third-order valence-corrected chi connectivity index (χ3v) is 9.95. The first kappa shape index (κ1) is 28.9. The number of benzene rings is 2. The molecule has 7 heteroatoms. The van der Waals surface area contributed by atoms with E-state index in [4.69, 9.17) is 26.3 Å². The van der Waals surface area contributed by atoms with Gasteiger partial charge in [-0.2, -0.15) is 5.26 Å². The zero-order valence-corrected chi connectivity index (χ0v) is 25.0. The minimum absolute atomic E-state index is 0.0845. The molecule has 0 bridgehead atoms. The van der Waals surface area contributed by atoms with E-state index in [-0.39, 0.29) is 34.7 Å². The molecule has 3 aliphatic rings. The Bertz CT molecular complexity index is 1220. The molecule has 0 radical (unpaired) electrons. The van der Waals surface area contributed by atoms with Crippen LogP contribution in [-0.2, 0) is 0 Å². The predicted octanol–water partition coefficient (Wildman–Crippen LogP) is 6.51. The summed E-state index contributed by atoms with van der Waals surface area (Å²) >= 11 is 6.22. The second kappa shape index (κ2) is 11.7. The van der Waals surface area contributed by atoms with Gasteiger partial charge in [0.15, 0.2) is 5.78 Å². The fourth-order valence-electron chi connectivity index (χ4n) is 7.56. The average molecular weight is 564 g/mol. The number of nitriles is 1. The van der Waals surface area contributed by atoms with Crippen LogP contribution >= 0.6 is 11.6 Å². The fourth-order valence-corrected chi connectivity index (χ4v) is 7.77. The van der Waals surface area contributed by atoms with E-state index in [1.54, 1.807) is 18.2 Å². The molecule has 0 aromatic heterocycles. The summed E-state index contributed by atoms with van der Waals surface area (Å²) in [6.07, 6.45) is 5.20. The van der Waals surface area contributed by atoms with E-state index in [2.05, 4.69) is 44.0 Å². The van der Waals surface area contributed by atoms with Gasteiger partial charge in [-0.3, -0.25) is 4.79 Å². The molecule has 3 fully saturated rings. The zero-order valence-electron chi connectivity index (χ0n) is 24.2. The van der Waals surface area contributed by atoms with Gasteiger partial charge in [0.25, 0.3) is 0 Å². The Hall–Kier alpha value is -2.59. The molecule has 40 heavy (non-hydrogen) atoms. The molecule has 2 aromatic carbocycles. The Kier molecular flexibility index (Phi) is 8.47. The van der Waals surface area contributed by atoms with Gasteiger partial charge in [-0.05, 0) is 81.1 Å². The molecule has 2 aromatic rings. The highest BCUT2D eigenvalue weighted by atomic mass is 35.5. The Morgan fingerprint density at radius 2 is 1.60 bits per heavy atom. The monoisotopic (exact) mass is 563 g/mol. The highest BCUT2D eigenvalue weighted by molar-refractivity contribution is 6.31. The number of hydrogen-bond acceptors (Lipinski definition) is 6. The molecule has 6 nitrogen and oxygen atoms in total. The lowest BCUT2D eigenvalue weighted by atomic mass is 9.44. The van der Waals surface area contributed by atoms with Gasteiger partial charge >= 0.3 is 0 Å². The highest BCUT2D eigenvalue weighted by Crippen LogP contribution is 2.61. The van der Waals surface area contributed by atoms with Gasteiger partial charge < -0.3 is 19.7 Å². The van der Waals surface area contributed by atoms with Crippen molar-refractivity contribution < 1.29 is 14.3 Å². The number of ether oxygens (including phenoxy) is 2. The molecule has 1 N–H and O–H groups in total. The smallest absolute Gasteiger partial charge is 0.163 e. The molecular formula is C33H42ClN3O3. The maximum atomic E-state index is 13.4. The summed E-state index contributed by atoms with van der Waals surface area (Å²) in [6.45, 7) is 13.1. The summed E-state index contributed by atoms with van der Waals surface area (Å²) in [7, 11) is 0. The predicted molar refractivity (Wildman–Crippen MR) is 158 cm³/mol. The van der Waals surface area contributed by atoms with Gasteiger partial charge in [-0.1, -0.05) is 39.3 Å². The molecule has 0 amide bonds. The number of hydrogen-bond donors (Lipinski definition) is 1. The number of likely N-dealkylation sites (tertiary alicyclic amines) is 1. The van der Waals surface area contributed by atoms with Crippen LogP contribution < -0.4 is 14.8 Å². The Morgan fingerprint density at radius 1 is 0.975 bits per heavy atom. The van der Waals surface area contributed by atoms with E-state index in [1.165, 1.54) is 12.8 Å². The molecule has 0 atom stereocenters. The molecule has 2 heterocycles. The van der Waals surface area contributed by atoms with Crippen LogP contribution in [0.1, 0.15) is 75.7 Å². The van der Waals surface area contributed by atoms with E-state index >= 15 is 0 Å². The van der Waals surface area contributed by atoms with E-state index in [0.717, 1.165) is 56.4 Å². The van der Waals surface area contributed by atoms with Crippen LogP contribution in [0.3, 0.4) is 0 Å². The summed E-state index contributed by atoms with van der Waals surface area (Å²) in [5.74, 6) is 1.79. The summed E-state index contributed by atoms with van der Waals surface area (Å²) in [6, 6.07) is 15.7. The lowest BCUT2D eigenvalue weighted by Crippen LogP contribution is -2.66. The van der Waals surface area contributed by atoms with Crippen LogP contribution in [0.4, 0.5) is 0 Å². The number of Topliss-reactive ketones (excluding diaryl/α,β-unsaturated/α-hetero) is 1. The largest absolute Gasteiger partial charge is 0.490 e. The number of rotatable bonds is 8. The number of carbonyl (C=O) groups excluding carboxylic acids is 1. The van der Waals surface area contributed by atoms with Crippen molar-refractivity contribution in [3.63, 3.8) is 0 Å². The third-order valence-electron chi connectivity index (χ3n) is 9.63. The number of nitrogens with one attached hydrogen (secondary N) is 1. The van der Waals surface area contributed by atoms with E-state index in [0.29, 0.717) is 22.8 Å². The Balaban J connectivity index is 1.14. The van der Waals surface area contributed by atoms with Crippen molar-refractivity contribution in [1.29, 1.82) is 5.26 Å². The topological polar surface area (TPSA) is 74.6 Å². The second-order valence-corrected chi connectivity index (χ2v) is 13.3. The molecule has 1 saturated carbocycles. The third kappa shape index (κ3) is 5.88. The number of piperidine rings is 2. The van der Waals surface area contributed by atoms with Crippen molar-refractivity contribution in [3.8, 4) is 17.6 Å². The van der Waals surface area contributed by atoms with Crippen LogP contribution in [-0.4, -0.2) is 55.1 Å². The summed E-state index contributed by atoms with van der Waals surface area (Å²) in [5.41, 5.74) is 0.749. The van der Waals surface area contributed by atoms with E-state index in [1.807, 2.05) is 24.3 Å². The standard InChI is InChI=1S/C33H42ClN3O3/c1-32(2)30(33(3,4)31(32)40-27-10-7-23(21-35)28(34)19-27)20-29(38)22-5-8-25(9-6-22)39-26-13-17-37(18-14-26)24-11-15-36-16-12-24/h5-10,19,24,26,30-31,36H,11-18,20H2,1-4H3. The van der Waals surface area contributed by atoms with Crippen molar-refractivity contribution in [2.24, 2.45) is 16.7 Å². The zero-order chi connectivity index (χ0) is 28.5. The van der Waals surface area contributed by atoms with Crippen molar-refractivity contribution in [2.45, 2.75) is 78.0 Å². The summed E-state index contributed by atoms with van der Waals surface area (Å²) < 4.78 is 12.7. The number of halogens is 1. The van der Waals surface area contributed by atoms with Crippen LogP contribution in [0.5, 0.6) is 11.5 Å². The highest BCUT2D eigenvalue weighted by Gasteiger charge is 2.63. The van der Waals surface area contributed by atoms with Gasteiger partial charge in [0.05, 0.1) is 10.6 Å². The molecule has 0 unspecified atom stereocenters. The number of ketones is 1. The Morgan fingerprint density at radius 3 is 2.20 bits per heavy atom. The van der Waals surface area contributed by atoms with Crippen molar-refractivity contribution in [2.75, 3.05) is 26.2 Å². The average Bonchev–Trinajstić information content (AvgIpc) is 2.95. The first-order chi connectivity index (χ1) is 19.1. The molecule has 1 aliphatic carbocycles. The van der Waals surface area contributed by atoms with Crippen molar-refractivity contribution in [1.82, 2.24) is 10.2 Å². The lowest BCUT2D eigenvalue weighted by Gasteiger charge is -2.63. The quantitative estimate of drug-likeness (QED) is 0.369. The van der Waals surface area contributed by atoms with Gasteiger partial charge in [-0.15, -0.1) is 0 Å². The van der Waals surface area contributed by atoms with Gasteiger partial charge in [0, 0.05) is 48.0 Å². The maximum absolute atomic E-state index is 13.4. The number of carbonyl (C=O) groups is 1. The SMILES string of the molecule is CC1(C)C(CC(=O)c2ccc(OC3CCN(C4CCNCC4)CC3)cc2)C(C)(C)C1Oc1ccc(C#N)c(Cl)c1. The summed E-state index contributed by atoms with van der Waals surface area (Å²) in [5, 5.41) is 13.0. The molecule has 5 rings (SSSR count). The van der Waals surface area contributed by atoms with Crippen molar-refractivity contribution in [3.05, 3.63) is 58.6 Å².